The molecule has 0 atom stereocenters. The maximum atomic E-state index is 11.6. The molecule has 0 saturated carbocycles. The lowest BCUT2D eigenvalue weighted by atomic mass is 9.98. The predicted octanol–water partition coefficient (Wildman–Crippen LogP) is 6.47. The van der Waals surface area contributed by atoms with Crippen LogP contribution in [0, 0.1) is 28.4 Å². The lowest BCUT2D eigenvalue weighted by Gasteiger charge is -2.13. The van der Waals surface area contributed by atoms with Crippen LogP contribution in [-0.4, -0.2) is 16.2 Å². The van der Waals surface area contributed by atoms with Crippen LogP contribution in [0.25, 0.3) is 22.4 Å². The summed E-state index contributed by atoms with van der Waals surface area (Å²) in [5.74, 6) is 0. The van der Waals surface area contributed by atoms with Crippen LogP contribution in [0.15, 0.2) is 88.8 Å². The molecule has 0 amide bonds. The summed E-state index contributed by atoms with van der Waals surface area (Å²) in [6.07, 6.45) is 0.573. The van der Waals surface area contributed by atoms with Crippen LogP contribution in [-0.2, 0) is 0 Å². The SMILES string of the molecule is Cc1cccc(-c2cc(-c3ccccc3)nc(Sc3ccc([N+](=O)[O-])cc3C=O)c2C#N)c1. The molecule has 0 fully saturated rings. The molecule has 1 aromatic heterocycles. The van der Waals surface area contributed by atoms with Gasteiger partial charge < -0.3 is 0 Å². The molecule has 0 unspecified atom stereocenters. The molecule has 0 spiro atoms. The molecular formula is C26H17N3O3S. The Labute approximate surface area is 194 Å². The number of carbonyl (C=O) groups excluding carboxylic acids is 1. The van der Waals surface area contributed by atoms with E-state index in [9.17, 15) is 20.2 Å². The van der Waals surface area contributed by atoms with Crippen LogP contribution in [0.3, 0.4) is 0 Å². The number of rotatable bonds is 6. The molecule has 160 valence electrons. The molecule has 0 radical (unpaired) electrons. The van der Waals surface area contributed by atoms with Crippen LogP contribution in [0.2, 0.25) is 0 Å². The van der Waals surface area contributed by atoms with E-state index in [1.165, 1.54) is 18.2 Å². The molecule has 4 rings (SSSR count). The summed E-state index contributed by atoms with van der Waals surface area (Å²) >= 11 is 1.14. The van der Waals surface area contributed by atoms with Crippen molar-refractivity contribution in [2.24, 2.45) is 0 Å². The van der Waals surface area contributed by atoms with Gasteiger partial charge in [-0.05, 0) is 24.6 Å². The first-order valence-electron chi connectivity index (χ1n) is 9.99. The molecule has 0 aliphatic heterocycles. The van der Waals surface area contributed by atoms with Gasteiger partial charge in [-0.15, -0.1) is 0 Å². The van der Waals surface area contributed by atoms with E-state index in [-0.39, 0.29) is 11.3 Å². The third-order valence-corrected chi connectivity index (χ3v) is 6.11. The van der Waals surface area contributed by atoms with Crippen molar-refractivity contribution in [2.75, 3.05) is 0 Å². The molecule has 4 aromatic rings. The van der Waals surface area contributed by atoms with Crippen LogP contribution < -0.4 is 0 Å². The van der Waals surface area contributed by atoms with Crippen LogP contribution in [0.5, 0.6) is 0 Å². The molecule has 0 aliphatic rings. The summed E-state index contributed by atoms with van der Waals surface area (Å²) in [6, 6.07) is 25.7. The molecule has 7 heteroatoms. The van der Waals surface area contributed by atoms with E-state index in [0.29, 0.717) is 27.5 Å². The zero-order chi connectivity index (χ0) is 23.4. The fourth-order valence-electron chi connectivity index (χ4n) is 3.44. The van der Waals surface area contributed by atoms with Gasteiger partial charge in [-0.3, -0.25) is 14.9 Å². The summed E-state index contributed by atoms with van der Waals surface area (Å²) in [4.78, 5) is 27.4. The smallest absolute Gasteiger partial charge is 0.270 e. The zero-order valence-corrected chi connectivity index (χ0v) is 18.4. The van der Waals surface area contributed by atoms with Crippen molar-refractivity contribution in [1.29, 1.82) is 5.26 Å². The summed E-state index contributed by atoms with van der Waals surface area (Å²) < 4.78 is 0. The van der Waals surface area contributed by atoms with Crippen molar-refractivity contribution in [2.45, 2.75) is 16.8 Å². The van der Waals surface area contributed by atoms with E-state index in [1.807, 2.05) is 67.6 Å². The Morgan fingerprint density at radius 3 is 2.42 bits per heavy atom. The van der Waals surface area contributed by atoms with Crippen LogP contribution in [0.4, 0.5) is 5.69 Å². The molecule has 3 aromatic carbocycles. The van der Waals surface area contributed by atoms with Gasteiger partial charge in [-0.2, -0.15) is 5.26 Å². The summed E-state index contributed by atoms with van der Waals surface area (Å²) in [5, 5.41) is 21.6. The average molecular weight is 452 g/mol. The first-order valence-corrected chi connectivity index (χ1v) is 10.8. The first-order chi connectivity index (χ1) is 16.0. The minimum Gasteiger partial charge on any atom is -0.298 e. The van der Waals surface area contributed by atoms with E-state index in [2.05, 4.69) is 6.07 Å². The van der Waals surface area contributed by atoms with Gasteiger partial charge in [0.25, 0.3) is 5.69 Å². The minimum atomic E-state index is -0.549. The standard InChI is InChI=1S/C26H17N3O3S/c1-17-6-5-9-19(12-17)22-14-24(18-7-3-2-4-8-18)28-26(23(22)15-27)33-25-11-10-21(29(31)32)13-20(25)16-30/h2-14,16H,1H3. The van der Waals surface area contributed by atoms with Crippen molar-refractivity contribution in [3.8, 4) is 28.5 Å². The maximum Gasteiger partial charge on any atom is 0.270 e. The van der Waals surface area contributed by atoms with E-state index < -0.39 is 4.92 Å². The Hall–Kier alpha value is -4.28. The Balaban J connectivity index is 1.92. The van der Waals surface area contributed by atoms with E-state index in [1.54, 1.807) is 0 Å². The van der Waals surface area contributed by atoms with E-state index in [0.717, 1.165) is 34.0 Å². The largest absolute Gasteiger partial charge is 0.298 e. The van der Waals surface area contributed by atoms with Crippen molar-refractivity contribution in [3.05, 3.63) is 106 Å². The molecule has 33 heavy (non-hydrogen) atoms. The molecular weight excluding hydrogens is 434 g/mol. The number of aldehydes is 1. The van der Waals surface area contributed by atoms with E-state index >= 15 is 0 Å². The van der Waals surface area contributed by atoms with Crippen molar-refractivity contribution < 1.29 is 9.72 Å². The second-order valence-corrected chi connectivity index (χ2v) is 8.31. The Kier molecular flexibility index (Phi) is 6.29. The summed E-state index contributed by atoms with van der Waals surface area (Å²) in [6.45, 7) is 1.98. The lowest BCUT2D eigenvalue weighted by molar-refractivity contribution is -0.384. The van der Waals surface area contributed by atoms with Gasteiger partial charge in [0.1, 0.15) is 11.1 Å². The Bertz CT molecular complexity index is 1410. The molecule has 1 heterocycles. The fraction of sp³-hybridized carbons (Fsp3) is 0.0385. The number of hydrogen-bond donors (Lipinski definition) is 0. The van der Waals surface area contributed by atoms with Gasteiger partial charge in [-0.25, -0.2) is 4.98 Å². The second-order valence-electron chi connectivity index (χ2n) is 7.28. The van der Waals surface area contributed by atoms with Gasteiger partial charge in [0, 0.05) is 33.7 Å². The molecule has 0 aliphatic carbocycles. The summed E-state index contributed by atoms with van der Waals surface area (Å²) in [7, 11) is 0. The number of aryl methyl sites for hydroxylation is 1. The highest BCUT2D eigenvalue weighted by Gasteiger charge is 2.19. The number of non-ortho nitro benzene ring substituents is 1. The van der Waals surface area contributed by atoms with Gasteiger partial charge in [-0.1, -0.05) is 71.9 Å². The fourth-order valence-corrected chi connectivity index (χ4v) is 4.41. The van der Waals surface area contributed by atoms with Crippen molar-refractivity contribution in [3.63, 3.8) is 0 Å². The Morgan fingerprint density at radius 2 is 1.76 bits per heavy atom. The highest BCUT2D eigenvalue weighted by atomic mass is 32.2. The molecule has 6 nitrogen and oxygen atoms in total. The Morgan fingerprint density at radius 1 is 1.00 bits per heavy atom. The first kappa shape index (κ1) is 21.9. The highest BCUT2D eigenvalue weighted by Crippen LogP contribution is 2.38. The summed E-state index contributed by atoms with van der Waals surface area (Å²) in [5.41, 5.74) is 4.61. The second kappa shape index (κ2) is 9.47. The number of benzene rings is 3. The van der Waals surface area contributed by atoms with Gasteiger partial charge in [0.15, 0.2) is 6.29 Å². The van der Waals surface area contributed by atoms with Gasteiger partial charge >= 0.3 is 0 Å². The number of nitriles is 1. The third-order valence-electron chi connectivity index (χ3n) is 5.03. The quantitative estimate of drug-likeness (QED) is 0.189. The normalized spacial score (nSPS) is 10.4. The number of aromatic nitrogens is 1. The number of nitrogens with zero attached hydrogens (tertiary/aromatic N) is 3. The predicted molar refractivity (Wildman–Crippen MR) is 127 cm³/mol. The maximum absolute atomic E-state index is 11.6. The molecule has 0 N–H and O–H groups in total. The number of nitro benzene ring substituents is 1. The highest BCUT2D eigenvalue weighted by molar-refractivity contribution is 7.99. The third kappa shape index (κ3) is 4.66. The minimum absolute atomic E-state index is 0.169. The van der Waals surface area contributed by atoms with Crippen molar-refractivity contribution >= 4 is 23.7 Å². The van der Waals surface area contributed by atoms with Crippen LogP contribution >= 0.6 is 11.8 Å². The zero-order valence-electron chi connectivity index (χ0n) is 17.6. The molecule has 0 bridgehead atoms. The number of pyridine rings is 1. The van der Waals surface area contributed by atoms with Crippen molar-refractivity contribution in [1.82, 2.24) is 4.98 Å². The number of nitro groups is 1. The lowest BCUT2D eigenvalue weighted by Crippen LogP contribution is -1.97. The number of carbonyl (C=O) groups is 1. The van der Waals surface area contributed by atoms with Crippen LogP contribution in [0.1, 0.15) is 21.5 Å². The topological polar surface area (TPSA) is 96.9 Å². The number of hydrogen-bond acceptors (Lipinski definition) is 6. The van der Waals surface area contributed by atoms with Gasteiger partial charge in [0.05, 0.1) is 16.2 Å². The average Bonchev–Trinajstić information content (AvgIpc) is 2.84. The van der Waals surface area contributed by atoms with Gasteiger partial charge in [0.2, 0.25) is 0 Å². The molecule has 0 saturated heterocycles. The van der Waals surface area contributed by atoms with E-state index in [4.69, 9.17) is 4.98 Å². The monoisotopic (exact) mass is 451 g/mol.